The number of aldehydes is 1. The lowest BCUT2D eigenvalue weighted by Crippen LogP contribution is -1.97. The Bertz CT molecular complexity index is 362. The SMILES string of the molecule is COCc1ccc([N+](=O)[O-])cc1C=O. The lowest BCUT2D eigenvalue weighted by atomic mass is 10.1. The number of methoxy groups -OCH3 is 1. The Hall–Kier alpha value is -1.75. The van der Waals surface area contributed by atoms with Gasteiger partial charge in [0.2, 0.25) is 0 Å². The Balaban J connectivity index is 3.11. The third-order valence-electron chi connectivity index (χ3n) is 1.77. The van der Waals surface area contributed by atoms with Crippen LogP contribution in [0.15, 0.2) is 18.2 Å². The third-order valence-corrected chi connectivity index (χ3v) is 1.77. The van der Waals surface area contributed by atoms with Crippen LogP contribution in [0.1, 0.15) is 15.9 Å². The zero-order valence-electron chi connectivity index (χ0n) is 7.60. The molecule has 0 aromatic heterocycles. The van der Waals surface area contributed by atoms with Crippen LogP contribution in [-0.2, 0) is 11.3 Å². The fraction of sp³-hybridized carbons (Fsp3) is 0.222. The number of non-ortho nitro benzene ring substituents is 1. The van der Waals surface area contributed by atoms with Crippen molar-refractivity contribution in [3.63, 3.8) is 0 Å². The molecule has 0 bridgehead atoms. The standard InChI is InChI=1S/C9H9NO4/c1-14-6-7-2-3-9(10(12)13)4-8(7)5-11/h2-5H,6H2,1H3. The molecule has 0 saturated heterocycles. The van der Waals surface area contributed by atoms with Gasteiger partial charge in [-0.25, -0.2) is 0 Å². The Kier molecular flexibility index (Phi) is 3.30. The first-order chi connectivity index (χ1) is 6.69. The van der Waals surface area contributed by atoms with Gasteiger partial charge in [-0.1, -0.05) is 0 Å². The van der Waals surface area contributed by atoms with Crippen LogP contribution < -0.4 is 0 Å². The molecule has 0 heterocycles. The molecule has 0 unspecified atom stereocenters. The van der Waals surface area contributed by atoms with E-state index in [1.165, 1.54) is 25.3 Å². The van der Waals surface area contributed by atoms with Crippen LogP contribution in [0.5, 0.6) is 0 Å². The van der Waals surface area contributed by atoms with E-state index in [9.17, 15) is 14.9 Å². The molecule has 0 saturated carbocycles. The van der Waals surface area contributed by atoms with Gasteiger partial charge in [-0.15, -0.1) is 0 Å². The van der Waals surface area contributed by atoms with Gasteiger partial charge >= 0.3 is 0 Å². The number of ether oxygens (including phenoxy) is 1. The maximum Gasteiger partial charge on any atom is 0.270 e. The number of nitro benzene ring substituents is 1. The fourth-order valence-corrected chi connectivity index (χ4v) is 1.09. The molecule has 1 aromatic carbocycles. The van der Waals surface area contributed by atoms with Crippen molar-refractivity contribution in [2.75, 3.05) is 7.11 Å². The van der Waals surface area contributed by atoms with Crippen LogP contribution in [0.25, 0.3) is 0 Å². The molecular weight excluding hydrogens is 186 g/mol. The predicted molar refractivity (Wildman–Crippen MR) is 49.2 cm³/mol. The Morgan fingerprint density at radius 1 is 1.57 bits per heavy atom. The second-order valence-corrected chi connectivity index (χ2v) is 2.69. The van der Waals surface area contributed by atoms with E-state index in [-0.39, 0.29) is 12.3 Å². The van der Waals surface area contributed by atoms with Crippen molar-refractivity contribution in [3.8, 4) is 0 Å². The lowest BCUT2D eigenvalue weighted by Gasteiger charge is -2.02. The molecule has 1 aromatic rings. The highest BCUT2D eigenvalue weighted by atomic mass is 16.6. The number of nitro groups is 1. The molecule has 0 aliphatic carbocycles. The molecule has 0 aliphatic heterocycles. The molecule has 0 atom stereocenters. The maximum absolute atomic E-state index is 10.6. The minimum atomic E-state index is -0.538. The first kappa shape index (κ1) is 10.3. The summed E-state index contributed by atoms with van der Waals surface area (Å²) in [6, 6.07) is 4.11. The Labute approximate surface area is 80.5 Å². The normalized spacial score (nSPS) is 9.79. The summed E-state index contributed by atoms with van der Waals surface area (Å²) in [5.41, 5.74) is 0.848. The quantitative estimate of drug-likeness (QED) is 0.415. The zero-order chi connectivity index (χ0) is 10.6. The zero-order valence-corrected chi connectivity index (χ0v) is 7.60. The van der Waals surface area contributed by atoms with Gasteiger partial charge in [0.15, 0.2) is 6.29 Å². The highest BCUT2D eigenvalue weighted by Gasteiger charge is 2.09. The summed E-state index contributed by atoms with van der Waals surface area (Å²) >= 11 is 0. The van der Waals surface area contributed by atoms with Crippen LogP contribution in [0.4, 0.5) is 5.69 Å². The molecule has 0 fully saturated rings. The minimum absolute atomic E-state index is 0.0908. The minimum Gasteiger partial charge on any atom is -0.380 e. The van der Waals surface area contributed by atoms with Crippen LogP contribution in [0.3, 0.4) is 0 Å². The summed E-state index contributed by atoms with van der Waals surface area (Å²) in [5.74, 6) is 0. The number of nitrogens with zero attached hydrogens (tertiary/aromatic N) is 1. The van der Waals surface area contributed by atoms with E-state index in [2.05, 4.69) is 0 Å². The van der Waals surface area contributed by atoms with Crippen LogP contribution in [-0.4, -0.2) is 18.3 Å². The number of carbonyl (C=O) groups excluding carboxylic acids is 1. The molecule has 0 radical (unpaired) electrons. The fourth-order valence-electron chi connectivity index (χ4n) is 1.09. The molecule has 14 heavy (non-hydrogen) atoms. The van der Waals surface area contributed by atoms with Gasteiger partial charge in [0, 0.05) is 24.8 Å². The molecule has 5 heteroatoms. The Morgan fingerprint density at radius 2 is 2.29 bits per heavy atom. The largest absolute Gasteiger partial charge is 0.380 e. The molecule has 0 aliphatic rings. The average molecular weight is 195 g/mol. The summed E-state index contributed by atoms with van der Waals surface area (Å²) < 4.78 is 4.84. The molecule has 0 amide bonds. The van der Waals surface area contributed by atoms with Gasteiger partial charge in [-0.2, -0.15) is 0 Å². The summed E-state index contributed by atoms with van der Waals surface area (Å²) in [4.78, 5) is 20.5. The molecule has 74 valence electrons. The number of rotatable bonds is 4. The monoisotopic (exact) mass is 195 g/mol. The first-order valence-electron chi connectivity index (χ1n) is 3.90. The van der Waals surface area contributed by atoms with Gasteiger partial charge < -0.3 is 4.74 Å². The van der Waals surface area contributed by atoms with Crippen molar-refractivity contribution < 1.29 is 14.5 Å². The van der Waals surface area contributed by atoms with Crippen LogP contribution in [0, 0.1) is 10.1 Å². The second kappa shape index (κ2) is 4.48. The van der Waals surface area contributed by atoms with E-state index >= 15 is 0 Å². The smallest absolute Gasteiger partial charge is 0.270 e. The average Bonchev–Trinajstić information content (AvgIpc) is 2.18. The first-order valence-corrected chi connectivity index (χ1v) is 3.90. The van der Waals surface area contributed by atoms with E-state index in [1.807, 2.05) is 0 Å². The highest BCUT2D eigenvalue weighted by molar-refractivity contribution is 5.78. The van der Waals surface area contributed by atoms with Crippen molar-refractivity contribution in [1.82, 2.24) is 0 Å². The molecule has 1 rings (SSSR count). The second-order valence-electron chi connectivity index (χ2n) is 2.69. The van der Waals surface area contributed by atoms with E-state index < -0.39 is 4.92 Å². The highest BCUT2D eigenvalue weighted by Crippen LogP contribution is 2.16. The van der Waals surface area contributed by atoms with Crippen LogP contribution >= 0.6 is 0 Å². The Morgan fingerprint density at radius 3 is 2.79 bits per heavy atom. The van der Waals surface area contributed by atoms with Crippen LogP contribution in [0.2, 0.25) is 0 Å². The van der Waals surface area contributed by atoms with E-state index in [0.29, 0.717) is 17.4 Å². The molecule has 0 spiro atoms. The number of carbonyl (C=O) groups is 1. The van der Waals surface area contributed by atoms with Crippen molar-refractivity contribution >= 4 is 12.0 Å². The number of hydrogen-bond acceptors (Lipinski definition) is 4. The molecule has 0 N–H and O–H groups in total. The predicted octanol–water partition coefficient (Wildman–Crippen LogP) is 1.55. The summed E-state index contributed by atoms with van der Waals surface area (Å²) in [5, 5.41) is 10.4. The van der Waals surface area contributed by atoms with E-state index in [4.69, 9.17) is 4.74 Å². The van der Waals surface area contributed by atoms with Gasteiger partial charge in [0.25, 0.3) is 5.69 Å². The van der Waals surface area contributed by atoms with E-state index in [1.54, 1.807) is 0 Å². The van der Waals surface area contributed by atoms with Gasteiger partial charge in [-0.05, 0) is 11.6 Å². The third kappa shape index (κ3) is 2.14. The topological polar surface area (TPSA) is 69.4 Å². The van der Waals surface area contributed by atoms with Crippen molar-refractivity contribution in [3.05, 3.63) is 39.4 Å². The van der Waals surface area contributed by atoms with E-state index in [0.717, 1.165) is 0 Å². The molecular formula is C9H9NO4. The van der Waals surface area contributed by atoms with Crippen molar-refractivity contribution in [1.29, 1.82) is 0 Å². The van der Waals surface area contributed by atoms with Gasteiger partial charge in [0.1, 0.15) is 0 Å². The molecule has 5 nitrogen and oxygen atoms in total. The number of benzene rings is 1. The summed E-state index contributed by atoms with van der Waals surface area (Å²) in [6.07, 6.45) is 0.585. The van der Waals surface area contributed by atoms with Crippen molar-refractivity contribution in [2.45, 2.75) is 6.61 Å². The lowest BCUT2D eigenvalue weighted by molar-refractivity contribution is -0.384. The number of hydrogen-bond donors (Lipinski definition) is 0. The summed E-state index contributed by atoms with van der Waals surface area (Å²) in [6.45, 7) is 0.270. The van der Waals surface area contributed by atoms with Crippen molar-refractivity contribution in [2.24, 2.45) is 0 Å². The van der Waals surface area contributed by atoms with Gasteiger partial charge in [-0.3, -0.25) is 14.9 Å². The van der Waals surface area contributed by atoms with Gasteiger partial charge in [0.05, 0.1) is 11.5 Å². The summed E-state index contributed by atoms with van der Waals surface area (Å²) in [7, 11) is 1.50. The maximum atomic E-state index is 10.6.